The number of aromatic amines is 2. The molecule has 0 aliphatic carbocycles. The second-order valence-corrected chi connectivity index (χ2v) is 8.06. The molecular formula is C22H20BrF3N2. The molecule has 2 aromatic carbocycles. The summed E-state index contributed by atoms with van der Waals surface area (Å²) in [6.07, 6.45) is -0.239. The van der Waals surface area contributed by atoms with Crippen molar-refractivity contribution in [2.24, 2.45) is 0 Å². The monoisotopic (exact) mass is 448 g/mol. The number of alkyl halides is 3. The van der Waals surface area contributed by atoms with E-state index in [9.17, 15) is 13.2 Å². The molecule has 4 aromatic rings. The van der Waals surface area contributed by atoms with Crippen LogP contribution in [0, 0.1) is 0 Å². The summed E-state index contributed by atoms with van der Waals surface area (Å²) in [7, 11) is 0. The predicted molar refractivity (Wildman–Crippen MR) is 111 cm³/mol. The highest BCUT2D eigenvalue weighted by Gasteiger charge is 2.58. The van der Waals surface area contributed by atoms with Crippen LogP contribution in [0.4, 0.5) is 13.2 Å². The lowest BCUT2D eigenvalue weighted by molar-refractivity contribution is -0.179. The molecule has 2 nitrogen and oxygen atoms in total. The summed E-state index contributed by atoms with van der Waals surface area (Å²) in [6, 6.07) is 12.6. The largest absolute Gasteiger partial charge is 0.402 e. The number of aromatic nitrogens is 2. The predicted octanol–water partition coefficient (Wildman–Crippen LogP) is 7.45. The minimum atomic E-state index is -4.45. The van der Waals surface area contributed by atoms with Gasteiger partial charge in [-0.25, -0.2) is 0 Å². The highest BCUT2D eigenvalue weighted by atomic mass is 79.9. The van der Waals surface area contributed by atoms with E-state index in [-0.39, 0.29) is 17.5 Å². The minimum absolute atomic E-state index is 0.00564. The molecule has 0 fully saturated rings. The Morgan fingerprint density at radius 1 is 0.893 bits per heavy atom. The maximum Gasteiger partial charge on any atom is 0.402 e. The van der Waals surface area contributed by atoms with Crippen molar-refractivity contribution in [1.29, 1.82) is 0 Å². The van der Waals surface area contributed by atoms with Gasteiger partial charge >= 0.3 is 6.18 Å². The van der Waals surface area contributed by atoms with Crippen molar-refractivity contribution in [1.82, 2.24) is 9.97 Å². The van der Waals surface area contributed by atoms with Crippen molar-refractivity contribution >= 4 is 37.7 Å². The van der Waals surface area contributed by atoms with E-state index >= 15 is 0 Å². The number of para-hydroxylation sites is 1. The maximum absolute atomic E-state index is 14.9. The summed E-state index contributed by atoms with van der Waals surface area (Å²) in [5.74, 6) is 0. The number of benzene rings is 2. The molecule has 0 aliphatic rings. The summed E-state index contributed by atoms with van der Waals surface area (Å²) in [5, 5.41) is 1.20. The van der Waals surface area contributed by atoms with Crippen LogP contribution in [0.3, 0.4) is 0 Å². The fourth-order valence-corrected chi connectivity index (χ4v) is 4.54. The fraction of sp³-hybridized carbons (Fsp3) is 0.273. The van der Waals surface area contributed by atoms with Crippen LogP contribution >= 0.6 is 15.9 Å². The molecule has 146 valence electrons. The lowest BCUT2D eigenvalue weighted by atomic mass is 9.70. The van der Waals surface area contributed by atoms with Crippen LogP contribution in [-0.4, -0.2) is 16.1 Å². The van der Waals surface area contributed by atoms with Crippen molar-refractivity contribution in [3.05, 3.63) is 70.5 Å². The number of unbranched alkanes of at least 4 members (excludes halogenated alkanes) is 1. The summed E-state index contributed by atoms with van der Waals surface area (Å²) >= 11 is 3.41. The van der Waals surface area contributed by atoms with E-state index in [1.54, 1.807) is 24.3 Å². The van der Waals surface area contributed by atoms with Gasteiger partial charge in [0, 0.05) is 38.7 Å². The van der Waals surface area contributed by atoms with Crippen LogP contribution in [0.15, 0.2) is 59.3 Å². The van der Waals surface area contributed by atoms with Gasteiger partial charge in [0.05, 0.1) is 0 Å². The maximum atomic E-state index is 14.9. The Labute approximate surface area is 169 Å². The summed E-state index contributed by atoms with van der Waals surface area (Å²) in [6.45, 7) is 1.92. The van der Waals surface area contributed by atoms with E-state index in [1.165, 1.54) is 12.4 Å². The number of hydrogen-bond donors (Lipinski definition) is 2. The molecule has 28 heavy (non-hydrogen) atoms. The Bertz CT molecular complexity index is 1130. The summed E-state index contributed by atoms with van der Waals surface area (Å²) in [4.78, 5) is 6.09. The lowest BCUT2D eigenvalue weighted by Gasteiger charge is -2.36. The number of hydrogen-bond acceptors (Lipinski definition) is 0. The first-order valence-corrected chi connectivity index (χ1v) is 10.1. The number of fused-ring (bicyclic) bond motifs is 2. The highest BCUT2D eigenvalue weighted by molar-refractivity contribution is 9.10. The number of H-pyrrole nitrogens is 2. The molecule has 0 amide bonds. The number of nitrogens with one attached hydrogen (secondary N) is 2. The third-order valence-corrected chi connectivity index (χ3v) is 6.04. The Morgan fingerprint density at radius 2 is 1.54 bits per heavy atom. The molecule has 4 rings (SSSR count). The zero-order valence-electron chi connectivity index (χ0n) is 15.3. The van der Waals surface area contributed by atoms with E-state index in [0.29, 0.717) is 34.6 Å². The zero-order valence-corrected chi connectivity index (χ0v) is 16.9. The van der Waals surface area contributed by atoms with Gasteiger partial charge in [-0.05, 0) is 41.8 Å². The first-order chi connectivity index (χ1) is 13.4. The van der Waals surface area contributed by atoms with Crippen LogP contribution in [-0.2, 0) is 5.41 Å². The topological polar surface area (TPSA) is 31.6 Å². The van der Waals surface area contributed by atoms with Crippen LogP contribution in [0.25, 0.3) is 21.8 Å². The van der Waals surface area contributed by atoms with Crippen LogP contribution in [0.1, 0.15) is 37.3 Å². The highest BCUT2D eigenvalue weighted by Crippen LogP contribution is 2.53. The first-order valence-electron chi connectivity index (χ1n) is 9.29. The minimum Gasteiger partial charge on any atom is -0.361 e. The lowest BCUT2D eigenvalue weighted by Crippen LogP contribution is -2.43. The number of halogens is 4. The Morgan fingerprint density at radius 3 is 2.21 bits per heavy atom. The van der Waals surface area contributed by atoms with E-state index in [1.807, 2.05) is 25.1 Å². The van der Waals surface area contributed by atoms with E-state index < -0.39 is 11.6 Å². The second-order valence-electron chi connectivity index (χ2n) is 7.15. The molecule has 2 aromatic heterocycles. The molecule has 1 atom stereocenters. The van der Waals surface area contributed by atoms with Crippen molar-refractivity contribution in [2.45, 2.75) is 37.8 Å². The van der Waals surface area contributed by atoms with Crippen molar-refractivity contribution in [3.63, 3.8) is 0 Å². The van der Waals surface area contributed by atoms with Gasteiger partial charge < -0.3 is 9.97 Å². The standard InChI is InChI=1S/C22H20BrF3N2/c1-2-3-10-21(22(24,25)26,17-12-27-19-7-5-4-6-15(17)19)18-13-28-20-9-8-14(23)11-16(18)20/h4-9,11-13,27-28H,2-3,10H2,1H3. The fourth-order valence-electron chi connectivity index (χ4n) is 4.17. The van der Waals surface area contributed by atoms with Crippen LogP contribution in [0.2, 0.25) is 0 Å². The Balaban J connectivity index is 2.10. The van der Waals surface area contributed by atoms with E-state index in [0.717, 1.165) is 4.47 Å². The first kappa shape index (κ1) is 19.1. The van der Waals surface area contributed by atoms with Crippen molar-refractivity contribution < 1.29 is 13.2 Å². The van der Waals surface area contributed by atoms with Gasteiger partial charge in [0.1, 0.15) is 5.41 Å². The third kappa shape index (κ3) is 2.85. The molecule has 0 bridgehead atoms. The number of rotatable bonds is 5. The van der Waals surface area contributed by atoms with Gasteiger partial charge in [-0.1, -0.05) is 53.9 Å². The average molecular weight is 449 g/mol. The van der Waals surface area contributed by atoms with Gasteiger partial charge in [0.2, 0.25) is 0 Å². The molecule has 2 N–H and O–H groups in total. The molecule has 0 aliphatic heterocycles. The van der Waals surface area contributed by atoms with Gasteiger partial charge in [-0.2, -0.15) is 13.2 Å². The van der Waals surface area contributed by atoms with Crippen LogP contribution in [0.5, 0.6) is 0 Å². The normalized spacial score (nSPS) is 14.6. The van der Waals surface area contributed by atoms with Gasteiger partial charge in [0.15, 0.2) is 0 Å². The third-order valence-electron chi connectivity index (χ3n) is 5.54. The van der Waals surface area contributed by atoms with Gasteiger partial charge in [-0.15, -0.1) is 0 Å². The molecule has 0 saturated carbocycles. The average Bonchev–Trinajstić information content (AvgIpc) is 3.26. The van der Waals surface area contributed by atoms with Gasteiger partial charge in [-0.3, -0.25) is 0 Å². The Kier molecular flexibility index (Phi) is 4.78. The van der Waals surface area contributed by atoms with E-state index in [2.05, 4.69) is 25.9 Å². The molecule has 0 radical (unpaired) electrons. The molecule has 1 unspecified atom stereocenters. The summed E-state index contributed by atoms with van der Waals surface area (Å²) < 4.78 is 45.6. The van der Waals surface area contributed by atoms with E-state index in [4.69, 9.17) is 0 Å². The molecule has 0 spiro atoms. The quantitative estimate of drug-likeness (QED) is 0.317. The van der Waals surface area contributed by atoms with Crippen LogP contribution < -0.4 is 0 Å². The molecule has 6 heteroatoms. The zero-order chi connectivity index (χ0) is 19.9. The van der Waals surface area contributed by atoms with Crippen molar-refractivity contribution in [2.75, 3.05) is 0 Å². The SMILES string of the molecule is CCCCC(c1c[nH]c2ccccc12)(c1c[nH]c2ccc(Br)cc12)C(F)(F)F. The van der Waals surface area contributed by atoms with Gasteiger partial charge in [0.25, 0.3) is 0 Å². The van der Waals surface area contributed by atoms with Crippen molar-refractivity contribution in [3.8, 4) is 0 Å². The second kappa shape index (κ2) is 6.99. The molecule has 2 heterocycles. The smallest absolute Gasteiger partial charge is 0.361 e. The molecule has 0 saturated heterocycles. The Hall–Kier alpha value is -2.21. The summed E-state index contributed by atoms with van der Waals surface area (Å²) in [5.41, 5.74) is -0.131. The molecular weight excluding hydrogens is 429 g/mol.